The van der Waals surface area contributed by atoms with E-state index in [0.717, 1.165) is 10.0 Å². The van der Waals surface area contributed by atoms with Crippen molar-refractivity contribution < 1.29 is 0 Å². The van der Waals surface area contributed by atoms with E-state index in [2.05, 4.69) is 35.9 Å². The molecule has 3 rings (SSSR count). The van der Waals surface area contributed by atoms with Crippen LogP contribution in [0.25, 0.3) is 17.3 Å². The van der Waals surface area contributed by atoms with E-state index in [-0.39, 0.29) is 5.95 Å². The number of nitrogen functional groups attached to an aromatic ring is 1. The number of benzene rings is 1. The van der Waals surface area contributed by atoms with Crippen molar-refractivity contribution in [3.05, 3.63) is 47.5 Å². The quantitative estimate of drug-likeness (QED) is 0.782. The number of rotatable bonds is 2. The second-order valence-electron chi connectivity index (χ2n) is 3.79. The van der Waals surface area contributed by atoms with E-state index in [9.17, 15) is 0 Å². The Balaban J connectivity index is 2.10. The van der Waals surface area contributed by atoms with E-state index in [4.69, 9.17) is 5.73 Å². The van der Waals surface area contributed by atoms with Crippen molar-refractivity contribution in [2.45, 2.75) is 0 Å². The summed E-state index contributed by atoms with van der Waals surface area (Å²) in [5.41, 5.74) is 6.60. The molecule has 19 heavy (non-hydrogen) atoms. The van der Waals surface area contributed by atoms with Crippen LogP contribution in [0, 0.1) is 0 Å². The second-order valence-corrected chi connectivity index (χ2v) is 4.71. The number of aromatic nitrogens is 5. The largest absolute Gasteiger partial charge is 0.368 e. The highest BCUT2D eigenvalue weighted by Crippen LogP contribution is 2.19. The van der Waals surface area contributed by atoms with E-state index in [1.54, 1.807) is 23.3 Å². The highest BCUT2D eigenvalue weighted by Gasteiger charge is 2.08. The highest BCUT2D eigenvalue weighted by atomic mass is 79.9. The first-order chi connectivity index (χ1) is 9.22. The Bertz CT molecular complexity index is 693. The molecule has 2 heterocycles. The van der Waals surface area contributed by atoms with Gasteiger partial charge in [-0.15, -0.1) is 0 Å². The Morgan fingerprint density at radius 2 is 1.84 bits per heavy atom. The van der Waals surface area contributed by atoms with Gasteiger partial charge >= 0.3 is 0 Å². The van der Waals surface area contributed by atoms with E-state index >= 15 is 0 Å². The lowest BCUT2D eigenvalue weighted by atomic mass is 10.2. The predicted octanol–water partition coefficient (Wildman–Crippen LogP) is 2.07. The maximum Gasteiger partial charge on any atom is 0.240 e. The third-order valence-electron chi connectivity index (χ3n) is 2.48. The minimum absolute atomic E-state index is 0.177. The van der Waals surface area contributed by atoms with E-state index in [1.165, 1.54) is 0 Å². The molecule has 0 amide bonds. The molecule has 6 nitrogen and oxygen atoms in total. The number of anilines is 1. The van der Waals surface area contributed by atoms with Crippen LogP contribution in [0.1, 0.15) is 0 Å². The van der Waals surface area contributed by atoms with Crippen molar-refractivity contribution in [2.75, 3.05) is 5.73 Å². The summed E-state index contributed by atoms with van der Waals surface area (Å²) in [5, 5.41) is 0. The predicted molar refractivity (Wildman–Crippen MR) is 74.5 cm³/mol. The van der Waals surface area contributed by atoms with Gasteiger partial charge in [0.2, 0.25) is 11.9 Å². The Kier molecular flexibility index (Phi) is 2.96. The van der Waals surface area contributed by atoms with E-state index < -0.39 is 0 Å². The van der Waals surface area contributed by atoms with Crippen molar-refractivity contribution in [3.8, 4) is 17.3 Å². The van der Waals surface area contributed by atoms with Gasteiger partial charge in [0, 0.05) is 22.4 Å². The normalized spacial score (nSPS) is 10.6. The summed E-state index contributed by atoms with van der Waals surface area (Å²) in [6.45, 7) is 0. The zero-order valence-corrected chi connectivity index (χ0v) is 11.3. The molecule has 1 aromatic carbocycles. The highest BCUT2D eigenvalue weighted by molar-refractivity contribution is 9.10. The topological polar surface area (TPSA) is 82.5 Å². The van der Waals surface area contributed by atoms with Crippen LogP contribution in [-0.2, 0) is 0 Å². The van der Waals surface area contributed by atoms with Crippen LogP contribution in [0.15, 0.2) is 47.5 Å². The van der Waals surface area contributed by atoms with Crippen LogP contribution in [0.4, 0.5) is 5.95 Å². The number of imidazole rings is 1. The van der Waals surface area contributed by atoms with Crippen LogP contribution < -0.4 is 5.73 Å². The summed E-state index contributed by atoms with van der Waals surface area (Å²) in [6.07, 6.45) is 5.01. The zero-order valence-electron chi connectivity index (χ0n) is 9.73. The van der Waals surface area contributed by atoms with Gasteiger partial charge in [-0.3, -0.25) is 4.57 Å². The van der Waals surface area contributed by atoms with Crippen LogP contribution in [0.3, 0.4) is 0 Å². The van der Waals surface area contributed by atoms with Gasteiger partial charge in [0.1, 0.15) is 6.33 Å². The maximum absolute atomic E-state index is 5.73. The summed E-state index contributed by atoms with van der Waals surface area (Å²) in [4.78, 5) is 16.6. The van der Waals surface area contributed by atoms with E-state index in [1.807, 2.05) is 24.3 Å². The first kappa shape index (κ1) is 11.8. The van der Waals surface area contributed by atoms with Gasteiger partial charge in [0.25, 0.3) is 0 Å². The summed E-state index contributed by atoms with van der Waals surface area (Å²) < 4.78 is 2.67. The fraction of sp³-hybridized carbons (Fsp3) is 0. The molecule has 0 aliphatic heterocycles. The maximum atomic E-state index is 5.73. The molecule has 3 aromatic rings. The Labute approximate surface area is 117 Å². The summed E-state index contributed by atoms with van der Waals surface area (Å²) in [5.74, 6) is 1.16. The van der Waals surface area contributed by atoms with Gasteiger partial charge in [-0.2, -0.15) is 15.0 Å². The fourth-order valence-electron chi connectivity index (χ4n) is 1.60. The van der Waals surface area contributed by atoms with Crippen LogP contribution in [-0.4, -0.2) is 24.5 Å². The number of hydrogen-bond acceptors (Lipinski definition) is 5. The molecular weight excluding hydrogens is 308 g/mol. The first-order valence-electron chi connectivity index (χ1n) is 5.48. The second kappa shape index (κ2) is 4.77. The van der Waals surface area contributed by atoms with Crippen LogP contribution in [0.2, 0.25) is 0 Å². The number of nitrogens with zero attached hydrogens (tertiary/aromatic N) is 5. The van der Waals surface area contributed by atoms with Gasteiger partial charge < -0.3 is 5.73 Å². The van der Waals surface area contributed by atoms with Crippen LogP contribution >= 0.6 is 15.9 Å². The van der Waals surface area contributed by atoms with Crippen LogP contribution in [0.5, 0.6) is 0 Å². The van der Waals surface area contributed by atoms with Crippen molar-refractivity contribution in [1.82, 2.24) is 24.5 Å². The molecule has 94 valence electrons. The zero-order chi connectivity index (χ0) is 13.2. The summed E-state index contributed by atoms with van der Waals surface area (Å²) >= 11 is 3.39. The molecule has 2 aromatic heterocycles. The average molecular weight is 317 g/mol. The molecule has 0 radical (unpaired) electrons. The average Bonchev–Trinajstić information content (AvgIpc) is 2.93. The smallest absolute Gasteiger partial charge is 0.240 e. The molecule has 0 fully saturated rings. The Morgan fingerprint density at radius 1 is 1.05 bits per heavy atom. The molecule has 0 bridgehead atoms. The molecule has 0 aliphatic rings. The number of nitrogens with two attached hydrogens (primary N) is 1. The molecule has 0 saturated heterocycles. The number of hydrogen-bond donors (Lipinski definition) is 1. The molecule has 0 atom stereocenters. The minimum atomic E-state index is 0.177. The van der Waals surface area contributed by atoms with Crippen molar-refractivity contribution in [1.29, 1.82) is 0 Å². The third-order valence-corrected chi connectivity index (χ3v) is 3.01. The van der Waals surface area contributed by atoms with E-state index in [0.29, 0.717) is 11.8 Å². The molecule has 7 heteroatoms. The standard InChI is InChI=1S/C12H9BrN6/c13-9-3-1-8(2-4-9)10-16-11(14)18-12(17-10)19-6-5-15-7-19/h1-7H,(H2,14,16,17,18). The van der Waals surface area contributed by atoms with Gasteiger partial charge in [0.05, 0.1) is 0 Å². The molecule has 0 saturated carbocycles. The van der Waals surface area contributed by atoms with Crippen molar-refractivity contribution >= 4 is 21.9 Å². The molecule has 0 unspecified atom stereocenters. The molecule has 0 aliphatic carbocycles. The Morgan fingerprint density at radius 3 is 2.53 bits per heavy atom. The van der Waals surface area contributed by atoms with Crippen molar-refractivity contribution in [3.63, 3.8) is 0 Å². The summed E-state index contributed by atoms with van der Waals surface area (Å²) in [6, 6.07) is 7.67. The summed E-state index contributed by atoms with van der Waals surface area (Å²) in [7, 11) is 0. The fourth-order valence-corrected chi connectivity index (χ4v) is 1.87. The minimum Gasteiger partial charge on any atom is -0.368 e. The lowest BCUT2D eigenvalue weighted by Gasteiger charge is -2.05. The SMILES string of the molecule is Nc1nc(-c2ccc(Br)cc2)nc(-n2ccnc2)n1. The molecular formula is C12H9BrN6. The van der Waals surface area contributed by atoms with Gasteiger partial charge in [-0.1, -0.05) is 28.1 Å². The van der Waals surface area contributed by atoms with Crippen molar-refractivity contribution in [2.24, 2.45) is 0 Å². The monoisotopic (exact) mass is 316 g/mol. The van der Waals surface area contributed by atoms with Gasteiger partial charge in [0.15, 0.2) is 5.82 Å². The molecule has 2 N–H and O–H groups in total. The Hall–Kier alpha value is -2.28. The third kappa shape index (κ3) is 2.45. The lowest BCUT2D eigenvalue weighted by molar-refractivity contribution is 0.906. The molecule has 0 spiro atoms. The first-order valence-corrected chi connectivity index (χ1v) is 6.27. The number of halogens is 1. The van der Waals surface area contributed by atoms with Gasteiger partial charge in [-0.05, 0) is 12.1 Å². The lowest BCUT2D eigenvalue weighted by Crippen LogP contribution is -2.06. The van der Waals surface area contributed by atoms with Gasteiger partial charge in [-0.25, -0.2) is 4.98 Å².